The van der Waals surface area contributed by atoms with E-state index in [9.17, 15) is 4.79 Å². The first-order chi connectivity index (χ1) is 15.1. The largest absolute Gasteiger partial charge is 0.496 e. The van der Waals surface area contributed by atoms with Crippen LogP contribution in [0.4, 0.5) is 0 Å². The third-order valence-corrected chi connectivity index (χ3v) is 6.39. The van der Waals surface area contributed by atoms with Crippen molar-refractivity contribution in [2.24, 2.45) is 0 Å². The van der Waals surface area contributed by atoms with Crippen LogP contribution in [0.3, 0.4) is 0 Å². The van der Waals surface area contributed by atoms with Crippen LogP contribution in [0.2, 0.25) is 0 Å². The summed E-state index contributed by atoms with van der Waals surface area (Å²) < 4.78 is 13.3. The normalized spacial score (nSPS) is 19.7. The smallest absolute Gasteiger partial charge is 0.293 e. The summed E-state index contributed by atoms with van der Waals surface area (Å²) in [6.07, 6.45) is 6.70. The van der Waals surface area contributed by atoms with Crippen molar-refractivity contribution in [1.29, 1.82) is 0 Å². The Hall–Kier alpha value is -2.87. The highest BCUT2D eigenvalue weighted by Crippen LogP contribution is 2.34. The fourth-order valence-electron chi connectivity index (χ4n) is 4.72. The molecule has 2 aromatic heterocycles. The van der Waals surface area contributed by atoms with E-state index in [0.717, 1.165) is 62.2 Å². The Balaban J connectivity index is 1.52. The minimum atomic E-state index is -0.0982. The van der Waals surface area contributed by atoms with Gasteiger partial charge in [-0.25, -0.2) is 9.67 Å². The number of hydrogen-bond donors (Lipinski definition) is 2. The Morgan fingerprint density at radius 1 is 1.16 bits per heavy atom. The molecule has 0 amide bonds. The van der Waals surface area contributed by atoms with Gasteiger partial charge in [-0.05, 0) is 44.9 Å². The van der Waals surface area contributed by atoms with Gasteiger partial charge in [-0.15, -0.1) is 0 Å². The third-order valence-electron chi connectivity index (χ3n) is 6.39. The highest BCUT2D eigenvalue weighted by molar-refractivity contribution is 5.81. The molecule has 0 spiro atoms. The number of fused-ring (bicyclic) bond motifs is 1. The van der Waals surface area contributed by atoms with E-state index in [4.69, 9.17) is 14.5 Å². The number of ether oxygens (including phenoxy) is 2. The molecular formula is C23H29N5O3. The zero-order valence-corrected chi connectivity index (χ0v) is 18.1. The molecule has 2 N–H and O–H groups in total. The Kier molecular flexibility index (Phi) is 5.40. The van der Waals surface area contributed by atoms with Gasteiger partial charge in [-0.1, -0.05) is 19.3 Å². The van der Waals surface area contributed by atoms with Gasteiger partial charge >= 0.3 is 0 Å². The molecule has 2 fully saturated rings. The maximum atomic E-state index is 13.2. The van der Waals surface area contributed by atoms with Crippen LogP contribution in [0, 0.1) is 6.92 Å². The SMILES string of the molecule is COc1cc(O[C@@H]2CCNC2)ccc1-c1nc2c(C)nn(C3CCCCC3)c(=O)c2[nH]1. The zero-order chi connectivity index (χ0) is 21.4. The Bertz CT molecular complexity index is 1140. The summed E-state index contributed by atoms with van der Waals surface area (Å²) >= 11 is 0. The van der Waals surface area contributed by atoms with Crippen molar-refractivity contribution >= 4 is 11.0 Å². The molecule has 1 saturated carbocycles. The number of aromatic amines is 1. The minimum Gasteiger partial charge on any atom is -0.496 e. The second-order valence-corrected chi connectivity index (χ2v) is 8.53. The maximum Gasteiger partial charge on any atom is 0.293 e. The molecular weight excluding hydrogens is 394 g/mol. The number of aromatic nitrogens is 4. The molecule has 1 aliphatic heterocycles. The molecule has 0 unspecified atom stereocenters. The van der Waals surface area contributed by atoms with Crippen molar-refractivity contribution < 1.29 is 9.47 Å². The van der Waals surface area contributed by atoms with Crippen LogP contribution in [0.1, 0.15) is 50.3 Å². The van der Waals surface area contributed by atoms with E-state index in [0.29, 0.717) is 22.6 Å². The van der Waals surface area contributed by atoms with Crippen molar-refractivity contribution in [3.05, 3.63) is 34.2 Å². The molecule has 164 valence electrons. The van der Waals surface area contributed by atoms with Gasteiger partial charge in [0.25, 0.3) is 5.56 Å². The molecule has 5 rings (SSSR count). The van der Waals surface area contributed by atoms with E-state index in [2.05, 4.69) is 15.4 Å². The molecule has 8 nitrogen and oxygen atoms in total. The van der Waals surface area contributed by atoms with Crippen LogP contribution in [-0.2, 0) is 0 Å². The number of imidazole rings is 1. The van der Waals surface area contributed by atoms with Crippen LogP contribution >= 0.6 is 0 Å². The van der Waals surface area contributed by atoms with Gasteiger partial charge in [0.15, 0.2) is 0 Å². The summed E-state index contributed by atoms with van der Waals surface area (Å²) in [6.45, 7) is 3.74. The molecule has 1 aliphatic carbocycles. The van der Waals surface area contributed by atoms with Crippen molar-refractivity contribution in [3.8, 4) is 22.9 Å². The van der Waals surface area contributed by atoms with E-state index in [1.807, 2.05) is 25.1 Å². The van der Waals surface area contributed by atoms with E-state index in [-0.39, 0.29) is 17.7 Å². The number of rotatable bonds is 5. The number of methoxy groups -OCH3 is 1. The first-order valence-corrected chi connectivity index (χ1v) is 11.2. The first kappa shape index (κ1) is 20.1. The average Bonchev–Trinajstić information content (AvgIpc) is 3.47. The number of nitrogens with zero attached hydrogens (tertiary/aromatic N) is 3. The number of benzene rings is 1. The van der Waals surface area contributed by atoms with Crippen molar-refractivity contribution in [3.63, 3.8) is 0 Å². The summed E-state index contributed by atoms with van der Waals surface area (Å²) in [5.74, 6) is 2.02. The molecule has 1 atom stereocenters. The fraction of sp³-hybridized carbons (Fsp3) is 0.522. The van der Waals surface area contributed by atoms with Gasteiger partial charge < -0.3 is 19.8 Å². The Labute approximate surface area is 181 Å². The monoisotopic (exact) mass is 423 g/mol. The number of H-pyrrole nitrogens is 1. The summed E-state index contributed by atoms with van der Waals surface area (Å²) in [7, 11) is 1.63. The van der Waals surface area contributed by atoms with Gasteiger partial charge in [-0.2, -0.15) is 5.10 Å². The van der Waals surface area contributed by atoms with Gasteiger partial charge in [0.05, 0.1) is 24.4 Å². The number of hydrogen-bond acceptors (Lipinski definition) is 6. The molecule has 3 aromatic rings. The molecule has 1 aromatic carbocycles. The second kappa shape index (κ2) is 8.34. The zero-order valence-electron chi connectivity index (χ0n) is 18.1. The third kappa shape index (κ3) is 3.80. The summed E-state index contributed by atoms with van der Waals surface area (Å²) in [5.41, 5.74) is 2.58. The number of nitrogens with one attached hydrogen (secondary N) is 2. The fourth-order valence-corrected chi connectivity index (χ4v) is 4.72. The van der Waals surface area contributed by atoms with E-state index in [1.165, 1.54) is 6.42 Å². The van der Waals surface area contributed by atoms with Gasteiger partial charge in [0, 0.05) is 12.6 Å². The predicted molar refractivity (Wildman–Crippen MR) is 119 cm³/mol. The lowest BCUT2D eigenvalue weighted by atomic mass is 9.95. The van der Waals surface area contributed by atoms with Gasteiger partial charge in [0.2, 0.25) is 0 Å². The predicted octanol–water partition coefficient (Wildman–Crippen LogP) is 3.35. The highest BCUT2D eigenvalue weighted by atomic mass is 16.5. The van der Waals surface area contributed by atoms with Crippen LogP contribution in [0.15, 0.2) is 23.0 Å². The highest BCUT2D eigenvalue weighted by Gasteiger charge is 2.23. The quantitative estimate of drug-likeness (QED) is 0.654. The van der Waals surface area contributed by atoms with Crippen molar-refractivity contribution in [2.75, 3.05) is 20.2 Å². The molecule has 2 aliphatic rings. The summed E-state index contributed by atoms with van der Waals surface area (Å²) in [5, 5.41) is 7.91. The maximum absolute atomic E-state index is 13.2. The Morgan fingerprint density at radius 3 is 2.74 bits per heavy atom. The van der Waals surface area contributed by atoms with Gasteiger partial charge in [0.1, 0.15) is 34.5 Å². The van der Waals surface area contributed by atoms with Crippen LogP contribution in [0.5, 0.6) is 11.5 Å². The summed E-state index contributed by atoms with van der Waals surface area (Å²) in [4.78, 5) is 21.2. The van der Waals surface area contributed by atoms with Crippen LogP contribution in [0.25, 0.3) is 22.4 Å². The molecule has 0 radical (unpaired) electrons. The minimum absolute atomic E-state index is 0.0982. The summed E-state index contributed by atoms with van der Waals surface area (Å²) in [6, 6.07) is 5.91. The van der Waals surface area contributed by atoms with E-state index < -0.39 is 0 Å². The average molecular weight is 424 g/mol. The first-order valence-electron chi connectivity index (χ1n) is 11.2. The van der Waals surface area contributed by atoms with Crippen molar-refractivity contribution in [1.82, 2.24) is 25.1 Å². The van der Waals surface area contributed by atoms with Crippen molar-refractivity contribution in [2.45, 2.75) is 57.6 Å². The topological polar surface area (TPSA) is 94.1 Å². The lowest BCUT2D eigenvalue weighted by Gasteiger charge is -2.22. The Morgan fingerprint density at radius 2 is 2.00 bits per heavy atom. The standard InChI is InChI=1S/C23H29N5O3/c1-14-20-21(23(29)28(27-14)15-6-4-3-5-7-15)26-22(25-20)18-9-8-16(12-19(18)30-2)31-17-10-11-24-13-17/h8-9,12,15,17,24H,3-7,10-11,13H2,1-2H3,(H,25,26)/t17-/m1/s1. The van der Waals surface area contributed by atoms with Crippen LogP contribution < -0.4 is 20.3 Å². The number of aryl methyl sites for hydroxylation is 1. The molecule has 3 heterocycles. The van der Waals surface area contributed by atoms with Crippen LogP contribution in [-0.4, -0.2) is 46.1 Å². The molecule has 1 saturated heterocycles. The van der Waals surface area contributed by atoms with E-state index in [1.54, 1.807) is 11.8 Å². The molecule has 8 heteroatoms. The molecule has 31 heavy (non-hydrogen) atoms. The lowest BCUT2D eigenvalue weighted by molar-refractivity contribution is 0.222. The molecule has 0 bridgehead atoms. The van der Waals surface area contributed by atoms with E-state index >= 15 is 0 Å². The van der Waals surface area contributed by atoms with Gasteiger partial charge in [-0.3, -0.25) is 4.79 Å². The lowest BCUT2D eigenvalue weighted by Crippen LogP contribution is -2.29. The second-order valence-electron chi connectivity index (χ2n) is 8.53.